The molecule has 5 nitrogen and oxygen atoms in total. The van der Waals surface area contributed by atoms with Crippen molar-refractivity contribution in [3.8, 4) is 0 Å². The fourth-order valence-electron chi connectivity index (χ4n) is 1.34. The van der Waals surface area contributed by atoms with E-state index in [4.69, 9.17) is 0 Å². The molecule has 1 radical (unpaired) electrons. The summed E-state index contributed by atoms with van der Waals surface area (Å²) in [6.45, 7) is 1.86. The van der Waals surface area contributed by atoms with Gasteiger partial charge >= 0.3 is 5.97 Å². The first-order valence-corrected chi connectivity index (χ1v) is 5.76. The van der Waals surface area contributed by atoms with E-state index in [0.717, 1.165) is 5.56 Å². The van der Waals surface area contributed by atoms with Gasteiger partial charge in [-0.05, 0) is 18.6 Å². The maximum absolute atomic E-state index is 11.5. The average Bonchev–Trinajstić information content (AvgIpc) is 2.39. The van der Waals surface area contributed by atoms with Gasteiger partial charge < -0.3 is 10.1 Å². The van der Waals surface area contributed by atoms with Crippen molar-refractivity contribution in [1.82, 2.24) is 5.32 Å². The molecule has 0 atom stereocenters. The summed E-state index contributed by atoms with van der Waals surface area (Å²) >= 11 is 0. The maximum atomic E-state index is 11.5. The van der Waals surface area contributed by atoms with Crippen LogP contribution in [-0.2, 0) is 19.1 Å². The fraction of sp³-hybridized carbons (Fsp3) is 0.214. The molecular formula is C14H14NO4. The minimum absolute atomic E-state index is 0.0273. The van der Waals surface area contributed by atoms with E-state index in [2.05, 4.69) is 10.1 Å². The largest absolute Gasteiger partial charge is 0.466 e. The minimum Gasteiger partial charge on any atom is -0.466 e. The lowest BCUT2D eigenvalue weighted by atomic mass is 10.2. The topological polar surface area (TPSA) is 72.5 Å². The highest BCUT2D eigenvalue weighted by Gasteiger charge is 2.11. The molecule has 0 aliphatic heterocycles. The van der Waals surface area contributed by atoms with E-state index in [1.807, 2.05) is 6.07 Å². The number of ether oxygens (including phenoxy) is 1. The molecule has 0 unspecified atom stereocenters. The Morgan fingerprint density at radius 3 is 2.58 bits per heavy atom. The second kappa shape index (κ2) is 7.81. The lowest BCUT2D eigenvalue weighted by Crippen LogP contribution is -2.26. The third-order valence-corrected chi connectivity index (χ3v) is 2.10. The molecule has 0 aliphatic carbocycles. The Morgan fingerprint density at radius 2 is 2.00 bits per heavy atom. The van der Waals surface area contributed by atoms with Gasteiger partial charge in [0.2, 0.25) is 5.91 Å². The smallest absolute Gasteiger partial charge is 0.315 e. The highest BCUT2D eigenvalue weighted by molar-refractivity contribution is 5.98. The summed E-state index contributed by atoms with van der Waals surface area (Å²) in [6.07, 6.45) is 2.65. The number of carbonyl (C=O) groups is 2. The number of rotatable bonds is 6. The molecule has 99 valence electrons. The van der Waals surface area contributed by atoms with Gasteiger partial charge in [-0.25, -0.2) is 0 Å². The molecule has 1 aromatic rings. The zero-order valence-corrected chi connectivity index (χ0v) is 10.5. The molecule has 0 heterocycles. The summed E-state index contributed by atoms with van der Waals surface area (Å²) < 4.78 is 4.63. The first-order valence-electron chi connectivity index (χ1n) is 5.76. The van der Waals surface area contributed by atoms with Gasteiger partial charge in [0.15, 0.2) is 0 Å². The van der Waals surface area contributed by atoms with Crippen LogP contribution in [0.25, 0.3) is 6.08 Å². The highest BCUT2D eigenvalue weighted by atomic mass is 16.5. The van der Waals surface area contributed by atoms with Crippen LogP contribution in [0, 0.1) is 0 Å². The molecule has 0 saturated heterocycles. The van der Waals surface area contributed by atoms with Gasteiger partial charge in [-0.3, -0.25) is 14.4 Å². The summed E-state index contributed by atoms with van der Waals surface area (Å²) in [4.78, 5) is 33.3. The summed E-state index contributed by atoms with van der Waals surface area (Å²) in [5.41, 5.74) is 0.720. The number of nitrogens with one attached hydrogen (secondary N) is 1. The van der Waals surface area contributed by atoms with Crippen LogP contribution in [0.4, 0.5) is 0 Å². The van der Waals surface area contributed by atoms with Crippen LogP contribution in [0.15, 0.2) is 36.0 Å². The van der Waals surface area contributed by atoms with Gasteiger partial charge in [-0.1, -0.05) is 30.3 Å². The van der Waals surface area contributed by atoms with Gasteiger partial charge in [0, 0.05) is 0 Å². The quantitative estimate of drug-likeness (QED) is 0.474. The van der Waals surface area contributed by atoms with Crippen LogP contribution in [-0.4, -0.2) is 24.8 Å². The molecule has 0 saturated carbocycles. The molecule has 1 N–H and O–H groups in total. The number of esters is 1. The van der Waals surface area contributed by atoms with Crippen molar-refractivity contribution in [2.45, 2.75) is 13.3 Å². The van der Waals surface area contributed by atoms with Crippen LogP contribution in [0.2, 0.25) is 0 Å². The van der Waals surface area contributed by atoms with E-state index in [1.54, 1.807) is 37.5 Å². The van der Waals surface area contributed by atoms with Crippen LogP contribution >= 0.6 is 0 Å². The Balaban J connectivity index is 2.62. The molecule has 1 rings (SSSR count). The summed E-state index contributed by atoms with van der Waals surface area (Å²) in [5.74, 6) is -1.24. The molecule has 19 heavy (non-hydrogen) atoms. The van der Waals surface area contributed by atoms with Crippen molar-refractivity contribution in [2.75, 3.05) is 6.61 Å². The van der Waals surface area contributed by atoms with Crippen LogP contribution in [0.5, 0.6) is 0 Å². The van der Waals surface area contributed by atoms with E-state index in [1.165, 1.54) is 6.08 Å². The second-order valence-corrected chi connectivity index (χ2v) is 3.60. The third-order valence-electron chi connectivity index (χ3n) is 2.10. The standard InChI is InChI=1S/C14H14NO4/c1-2-19-14(18)9-13(17)15-12(10-16)8-11-6-4-3-5-7-11/h3-8H,2,9H2,1H3,(H,15,17). The van der Waals surface area contributed by atoms with Crippen molar-refractivity contribution in [3.63, 3.8) is 0 Å². The Labute approximate surface area is 111 Å². The molecule has 1 aromatic carbocycles. The number of hydrogen-bond donors (Lipinski definition) is 1. The first-order chi connectivity index (χ1) is 9.15. The summed E-state index contributed by atoms with van der Waals surface area (Å²) in [7, 11) is 0. The van der Waals surface area contributed by atoms with E-state index < -0.39 is 18.3 Å². The van der Waals surface area contributed by atoms with Gasteiger partial charge in [-0.2, -0.15) is 0 Å². The Kier molecular flexibility index (Phi) is 6.02. The van der Waals surface area contributed by atoms with E-state index in [0.29, 0.717) is 0 Å². The van der Waals surface area contributed by atoms with Gasteiger partial charge in [-0.15, -0.1) is 0 Å². The minimum atomic E-state index is -0.634. The van der Waals surface area contributed by atoms with E-state index in [9.17, 15) is 14.4 Å². The zero-order chi connectivity index (χ0) is 14.1. The van der Waals surface area contributed by atoms with E-state index >= 15 is 0 Å². The fourth-order valence-corrected chi connectivity index (χ4v) is 1.34. The Morgan fingerprint density at radius 1 is 1.32 bits per heavy atom. The second-order valence-electron chi connectivity index (χ2n) is 3.60. The molecule has 5 heteroatoms. The summed E-state index contributed by atoms with van der Waals surface area (Å²) in [6, 6.07) is 8.98. The predicted octanol–water partition coefficient (Wildman–Crippen LogP) is 1.21. The highest BCUT2D eigenvalue weighted by Crippen LogP contribution is 2.03. The zero-order valence-electron chi connectivity index (χ0n) is 10.5. The molecular weight excluding hydrogens is 246 g/mol. The van der Waals surface area contributed by atoms with Crippen molar-refractivity contribution >= 4 is 24.2 Å². The number of carbonyl (C=O) groups excluding carboxylic acids is 3. The van der Waals surface area contributed by atoms with E-state index in [-0.39, 0.29) is 12.3 Å². The van der Waals surface area contributed by atoms with Crippen molar-refractivity contribution in [1.29, 1.82) is 0 Å². The molecule has 0 fully saturated rings. The molecule has 0 aliphatic rings. The maximum Gasteiger partial charge on any atom is 0.315 e. The van der Waals surface area contributed by atoms with Gasteiger partial charge in [0.1, 0.15) is 6.42 Å². The molecule has 0 aromatic heterocycles. The molecule has 0 spiro atoms. The third kappa shape index (κ3) is 5.63. The Bertz CT molecular complexity index is 479. The lowest BCUT2D eigenvalue weighted by molar-refractivity contribution is -0.145. The van der Waals surface area contributed by atoms with Crippen molar-refractivity contribution in [2.24, 2.45) is 0 Å². The Hall–Kier alpha value is -2.43. The first kappa shape index (κ1) is 14.6. The lowest BCUT2D eigenvalue weighted by Gasteiger charge is -2.04. The van der Waals surface area contributed by atoms with Gasteiger partial charge in [0.25, 0.3) is 6.29 Å². The normalized spacial score (nSPS) is 10.7. The van der Waals surface area contributed by atoms with Gasteiger partial charge in [0.05, 0.1) is 12.3 Å². The molecule has 1 amide bonds. The SMILES string of the molecule is CCOC(=O)CC(=O)NC([C]=O)=Cc1ccccc1. The summed E-state index contributed by atoms with van der Waals surface area (Å²) in [5, 5.41) is 2.30. The van der Waals surface area contributed by atoms with Crippen molar-refractivity contribution < 1.29 is 19.1 Å². The van der Waals surface area contributed by atoms with Crippen LogP contribution in [0.3, 0.4) is 0 Å². The van der Waals surface area contributed by atoms with Crippen LogP contribution < -0.4 is 5.32 Å². The van der Waals surface area contributed by atoms with Crippen molar-refractivity contribution in [3.05, 3.63) is 41.6 Å². The number of allylic oxidation sites excluding steroid dienone is 1. The monoisotopic (exact) mass is 260 g/mol. The van der Waals surface area contributed by atoms with Crippen LogP contribution in [0.1, 0.15) is 18.9 Å². The number of hydrogen-bond acceptors (Lipinski definition) is 4. The number of amides is 1. The number of benzene rings is 1. The molecule has 0 bridgehead atoms. The average molecular weight is 260 g/mol. The predicted molar refractivity (Wildman–Crippen MR) is 69.5 cm³/mol.